The topological polar surface area (TPSA) is 58.2 Å². The molecule has 0 unspecified atom stereocenters. The maximum absolute atomic E-state index is 12.7. The van der Waals surface area contributed by atoms with Crippen LogP contribution in [0.3, 0.4) is 0 Å². The molecule has 0 saturated heterocycles. The molecule has 4 nitrogen and oxygen atoms in total. The number of amides is 2. The lowest BCUT2D eigenvalue weighted by atomic mass is 10.1. The highest BCUT2D eigenvalue weighted by atomic mass is 19.4. The highest BCUT2D eigenvalue weighted by Crippen LogP contribution is 2.29. The van der Waals surface area contributed by atoms with Gasteiger partial charge in [-0.1, -0.05) is 12.1 Å². The molecule has 0 aliphatic heterocycles. The van der Waals surface area contributed by atoms with Gasteiger partial charge in [-0.25, -0.2) is 0 Å². The maximum Gasteiger partial charge on any atom is 0.416 e. The lowest BCUT2D eigenvalue weighted by Gasteiger charge is -2.07. The second-order valence-electron chi connectivity index (χ2n) is 5.38. The Balaban J connectivity index is 2.00. The monoisotopic (exact) mass is 362 g/mol. The molecule has 136 valence electrons. The van der Waals surface area contributed by atoms with E-state index in [1.807, 2.05) is 6.92 Å². The summed E-state index contributed by atoms with van der Waals surface area (Å²) in [4.78, 5) is 23.5. The summed E-state index contributed by atoms with van der Waals surface area (Å²) in [6.45, 7) is 2.32. The van der Waals surface area contributed by atoms with Gasteiger partial charge in [0.1, 0.15) is 0 Å². The number of anilines is 1. The Morgan fingerprint density at radius 1 is 1.08 bits per heavy atom. The molecule has 2 amide bonds. The van der Waals surface area contributed by atoms with E-state index < -0.39 is 17.6 Å². The van der Waals surface area contributed by atoms with Crippen LogP contribution >= 0.6 is 0 Å². The number of benzene rings is 2. The molecule has 0 fully saturated rings. The quantitative estimate of drug-likeness (QED) is 0.787. The minimum absolute atomic E-state index is 0.213. The molecule has 2 aromatic rings. The van der Waals surface area contributed by atoms with Crippen LogP contribution in [0.5, 0.6) is 0 Å². The Hall–Kier alpha value is -3.09. The van der Waals surface area contributed by atoms with Crippen molar-refractivity contribution < 1.29 is 22.8 Å². The average Bonchev–Trinajstić information content (AvgIpc) is 2.60. The molecule has 7 heteroatoms. The molecule has 0 aromatic heterocycles. The number of nitrogens with one attached hydrogen (secondary N) is 2. The first-order valence-electron chi connectivity index (χ1n) is 7.84. The Bertz CT molecular complexity index is 812. The van der Waals surface area contributed by atoms with Gasteiger partial charge in [0.15, 0.2) is 0 Å². The van der Waals surface area contributed by atoms with Crippen molar-refractivity contribution >= 4 is 23.6 Å². The van der Waals surface area contributed by atoms with Gasteiger partial charge in [0.05, 0.1) is 5.56 Å². The third-order valence-electron chi connectivity index (χ3n) is 3.39. The number of halogens is 3. The summed E-state index contributed by atoms with van der Waals surface area (Å²) < 4.78 is 38.0. The van der Waals surface area contributed by atoms with Crippen LogP contribution < -0.4 is 10.6 Å². The number of alkyl halides is 3. The van der Waals surface area contributed by atoms with E-state index in [9.17, 15) is 22.8 Å². The van der Waals surface area contributed by atoms with Crippen molar-refractivity contribution in [2.24, 2.45) is 0 Å². The molecule has 0 saturated carbocycles. The Morgan fingerprint density at radius 2 is 1.77 bits per heavy atom. The van der Waals surface area contributed by atoms with Gasteiger partial charge in [0.2, 0.25) is 5.91 Å². The summed E-state index contributed by atoms with van der Waals surface area (Å²) in [7, 11) is 0. The molecule has 0 aliphatic carbocycles. The van der Waals surface area contributed by atoms with E-state index in [1.54, 1.807) is 24.3 Å². The van der Waals surface area contributed by atoms with E-state index >= 15 is 0 Å². The highest BCUT2D eigenvalue weighted by molar-refractivity contribution is 6.02. The summed E-state index contributed by atoms with van der Waals surface area (Å²) in [5.41, 5.74) is 0.420. The second kappa shape index (κ2) is 8.33. The van der Waals surface area contributed by atoms with Crippen molar-refractivity contribution in [1.82, 2.24) is 5.32 Å². The van der Waals surface area contributed by atoms with Gasteiger partial charge < -0.3 is 10.6 Å². The predicted octanol–water partition coefficient (Wildman–Crippen LogP) is 4.11. The average molecular weight is 362 g/mol. The van der Waals surface area contributed by atoms with Gasteiger partial charge in [-0.15, -0.1) is 0 Å². The van der Waals surface area contributed by atoms with Crippen LogP contribution in [-0.4, -0.2) is 18.4 Å². The molecule has 2 rings (SSSR count). The van der Waals surface area contributed by atoms with Gasteiger partial charge in [-0.2, -0.15) is 13.2 Å². The Kier molecular flexibility index (Phi) is 6.16. The van der Waals surface area contributed by atoms with Gasteiger partial charge >= 0.3 is 6.18 Å². The number of carbonyl (C=O) groups is 2. The van der Waals surface area contributed by atoms with Crippen molar-refractivity contribution in [2.45, 2.75) is 13.1 Å². The molecule has 0 heterocycles. The van der Waals surface area contributed by atoms with Crippen molar-refractivity contribution in [3.63, 3.8) is 0 Å². The summed E-state index contributed by atoms with van der Waals surface area (Å²) in [5.74, 6) is -0.706. The molecule has 0 spiro atoms. The Morgan fingerprint density at radius 3 is 2.38 bits per heavy atom. The molecular weight excluding hydrogens is 345 g/mol. The Labute approximate surface area is 148 Å². The number of hydrogen-bond acceptors (Lipinski definition) is 2. The van der Waals surface area contributed by atoms with Crippen LogP contribution in [0.4, 0.5) is 18.9 Å². The van der Waals surface area contributed by atoms with Crippen LogP contribution in [0, 0.1) is 0 Å². The molecule has 0 aliphatic rings. The molecule has 26 heavy (non-hydrogen) atoms. The number of hydrogen-bond donors (Lipinski definition) is 2. The first-order valence-corrected chi connectivity index (χ1v) is 7.84. The highest BCUT2D eigenvalue weighted by Gasteiger charge is 2.30. The molecule has 0 atom stereocenters. The molecular formula is C19H17F3N2O2. The zero-order valence-corrected chi connectivity index (χ0v) is 13.9. The first kappa shape index (κ1) is 19.2. The largest absolute Gasteiger partial charge is 0.416 e. The van der Waals surface area contributed by atoms with Crippen molar-refractivity contribution in [3.05, 3.63) is 71.3 Å². The van der Waals surface area contributed by atoms with Gasteiger partial charge in [0.25, 0.3) is 5.91 Å². The van der Waals surface area contributed by atoms with Crippen LogP contribution in [0.2, 0.25) is 0 Å². The van der Waals surface area contributed by atoms with Crippen LogP contribution in [0.15, 0.2) is 54.6 Å². The van der Waals surface area contributed by atoms with Gasteiger partial charge in [-0.3, -0.25) is 9.59 Å². The fraction of sp³-hybridized carbons (Fsp3) is 0.158. The lowest BCUT2D eigenvalue weighted by molar-refractivity contribution is -0.137. The number of rotatable bonds is 5. The van der Waals surface area contributed by atoms with E-state index in [0.717, 1.165) is 18.2 Å². The van der Waals surface area contributed by atoms with Crippen molar-refractivity contribution in [1.29, 1.82) is 0 Å². The van der Waals surface area contributed by atoms with E-state index in [0.29, 0.717) is 17.8 Å². The van der Waals surface area contributed by atoms with Gasteiger partial charge in [0, 0.05) is 23.9 Å². The minimum atomic E-state index is -4.43. The summed E-state index contributed by atoms with van der Waals surface area (Å²) >= 11 is 0. The number of carbonyl (C=O) groups excluding carboxylic acids is 2. The maximum atomic E-state index is 12.7. The third kappa shape index (κ3) is 5.47. The van der Waals surface area contributed by atoms with Crippen molar-refractivity contribution in [2.75, 3.05) is 11.9 Å². The fourth-order valence-corrected chi connectivity index (χ4v) is 2.14. The van der Waals surface area contributed by atoms with E-state index in [1.165, 1.54) is 18.2 Å². The predicted molar refractivity (Wildman–Crippen MR) is 93.6 cm³/mol. The summed E-state index contributed by atoms with van der Waals surface area (Å²) in [6.07, 6.45) is -1.99. The smallest absolute Gasteiger partial charge is 0.352 e. The molecule has 2 N–H and O–H groups in total. The van der Waals surface area contributed by atoms with Crippen LogP contribution in [-0.2, 0) is 11.0 Å². The molecule has 2 aromatic carbocycles. The standard InChI is InChI=1S/C19H17F3N2O2/c1-2-23-18(26)14-7-9-16(10-8-14)24-17(25)11-6-13-4-3-5-15(12-13)19(20,21)22/h3-12H,2H2,1H3,(H,23,26)(H,24,25)/b11-6+. The van der Waals surface area contributed by atoms with Crippen LogP contribution in [0.1, 0.15) is 28.4 Å². The molecule has 0 radical (unpaired) electrons. The van der Waals surface area contributed by atoms with E-state index in [4.69, 9.17) is 0 Å². The lowest BCUT2D eigenvalue weighted by Crippen LogP contribution is -2.22. The van der Waals surface area contributed by atoms with E-state index in [2.05, 4.69) is 10.6 Å². The fourth-order valence-electron chi connectivity index (χ4n) is 2.14. The van der Waals surface area contributed by atoms with Crippen molar-refractivity contribution in [3.8, 4) is 0 Å². The zero-order chi connectivity index (χ0) is 19.2. The van der Waals surface area contributed by atoms with Gasteiger partial charge in [-0.05, 0) is 55.0 Å². The minimum Gasteiger partial charge on any atom is -0.352 e. The normalized spacial score (nSPS) is 11.4. The second-order valence-corrected chi connectivity index (χ2v) is 5.38. The summed E-state index contributed by atoms with van der Waals surface area (Å²) in [5, 5.41) is 5.23. The third-order valence-corrected chi connectivity index (χ3v) is 3.39. The SMILES string of the molecule is CCNC(=O)c1ccc(NC(=O)/C=C/c2cccc(C(F)(F)F)c2)cc1. The summed E-state index contributed by atoms with van der Waals surface area (Å²) in [6, 6.07) is 11.0. The first-order chi connectivity index (χ1) is 12.3. The van der Waals surface area contributed by atoms with E-state index in [-0.39, 0.29) is 11.5 Å². The zero-order valence-electron chi connectivity index (χ0n) is 13.9. The molecule has 0 bridgehead atoms. The van der Waals surface area contributed by atoms with Crippen LogP contribution in [0.25, 0.3) is 6.08 Å².